The van der Waals surface area contributed by atoms with Crippen molar-refractivity contribution in [3.05, 3.63) is 52.3 Å². The van der Waals surface area contributed by atoms with Crippen LogP contribution in [0.15, 0.2) is 35.6 Å². The molecular weight excluding hydrogens is 549 g/mol. The van der Waals surface area contributed by atoms with Gasteiger partial charge in [-0.25, -0.2) is 15.0 Å². The number of aryl methyl sites for hydroxylation is 1. The normalized spacial score (nSPS) is 18.1. The maximum atomic E-state index is 10.0. The molecule has 0 bridgehead atoms. The van der Waals surface area contributed by atoms with E-state index in [-0.39, 0.29) is 11.3 Å². The quantitative estimate of drug-likeness (QED) is 0.176. The van der Waals surface area contributed by atoms with E-state index in [4.69, 9.17) is 22.9 Å². The fourth-order valence-corrected chi connectivity index (χ4v) is 7.00. The van der Waals surface area contributed by atoms with Crippen LogP contribution in [0.3, 0.4) is 0 Å². The lowest BCUT2D eigenvalue weighted by molar-refractivity contribution is 0.303. The molecule has 3 heterocycles. The molecule has 0 saturated carbocycles. The highest BCUT2D eigenvalue weighted by Gasteiger charge is 2.30. The SMILES string of the molecule is C=C(CC(C)(C)C)N1CCCN(c2nccc(C(N)=CC(=S)C3CCCc4sc(N=CN(C)C)c(C#N)c43)n2)CC1. The number of nitrogens with two attached hydrogens (primary N) is 1. The largest absolute Gasteiger partial charge is 0.397 e. The van der Waals surface area contributed by atoms with E-state index in [1.807, 2.05) is 31.1 Å². The minimum atomic E-state index is -0.0411. The second kappa shape index (κ2) is 13.1. The fraction of sp³-hybridized carbons (Fsp3) is 0.516. The molecule has 0 aromatic carbocycles. The minimum absolute atomic E-state index is 0.0411. The Morgan fingerprint density at radius 1 is 1.29 bits per heavy atom. The number of rotatable bonds is 8. The van der Waals surface area contributed by atoms with Crippen LogP contribution in [-0.2, 0) is 6.42 Å². The van der Waals surface area contributed by atoms with Crippen molar-refractivity contribution >= 4 is 51.4 Å². The van der Waals surface area contributed by atoms with Crippen LogP contribution in [0.4, 0.5) is 10.9 Å². The molecule has 10 heteroatoms. The molecule has 1 aliphatic carbocycles. The zero-order valence-electron chi connectivity index (χ0n) is 25.0. The van der Waals surface area contributed by atoms with E-state index in [2.05, 4.69) is 53.2 Å². The van der Waals surface area contributed by atoms with Crippen molar-refractivity contribution in [1.29, 1.82) is 5.26 Å². The lowest BCUT2D eigenvalue weighted by Gasteiger charge is -2.30. The van der Waals surface area contributed by atoms with E-state index >= 15 is 0 Å². The summed E-state index contributed by atoms with van der Waals surface area (Å²) >= 11 is 7.52. The number of fused-ring (bicyclic) bond motifs is 1. The molecule has 2 aromatic rings. The van der Waals surface area contributed by atoms with Crippen LogP contribution in [0, 0.1) is 16.7 Å². The Bertz CT molecular complexity index is 1380. The van der Waals surface area contributed by atoms with Gasteiger partial charge in [-0.2, -0.15) is 5.26 Å². The number of aliphatic imine (C=N–C) groups is 1. The molecule has 0 spiro atoms. The van der Waals surface area contributed by atoms with Crippen molar-refractivity contribution in [2.45, 2.75) is 58.8 Å². The van der Waals surface area contributed by atoms with Crippen molar-refractivity contribution in [2.75, 3.05) is 45.2 Å². The van der Waals surface area contributed by atoms with Crippen LogP contribution in [0.2, 0.25) is 0 Å². The topological polar surface area (TPSA) is 97.7 Å². The first kappa shape index (κ1) is 30.7. The van der Waals surface area contributed by atoms with E-state index < -0.39 is 0 Å². The Morgan fingerprint density at radius 3 is 2.78 bits per heavy atom. The Morgan fingerprint density at radius 2 is 2.07 bits per heavy atom. The number of hydrogen-bond acceptors (Lipinski definition) is 9. The highest BCUT2D eigenvalue weighted by Crippen LogP contribution is 2.45. The van der Waals surface area contributed by atoms with Gasteiger partial charge >= 0.3 is 0 Å². The van der Waals surface area contributed by atoms with Crippen molar-refractivity contribution < 1.29 is 0 Å². The summed E-state index contributed by atoms with van der Waals surface area (Å²) in [4.78, 5) is 22.4. The van der Waals surface area contributed by atoms with Gasteiger partial charge in [-0.3, -0.25) is 0 Å². The maximum Gasteiger partial charge on any atom is 0.225 e. The molecule has 4 rings (SSSR count). The van der Waals surface area contributed by atoms with Crippen LogP contribution in [-0.4, -0.2) is 71.2 Å². The van der Waals surface area contributed by atoms with Crippen LogP contribution in [0.1, 0.15) is 74.1 Å². The van der Waals surface area contributed by atoms with Crippen molar-refractivity contribution in [3.8, 4) is 6.07 Å². The molecule has 218 valence electrons. The van der Waals surface area contributed by atoms with Crippen molar-refractivity contribution in [2.24, 2.45) is 16.1 Å². The number of nitriles is 1. The molecule has 0 radical (unpaired) electrons. The number of aromatic nitrogens is 2. The molecule has 1 saturated heterocycles. The third kappa shape index (κ3) is 7.72. The van der Waals surface area contributed by atoms with Gasteiger partial charge < -0.3 is 20.4 Å². The average molecular weight is 591 g/mol. The highest BCUT2D eigenvalue weighted by atomic mass is 32.1. The Kier molecular flexibility index (Phi) is 9.82. The van der Waals surface area contributed by atoms with Gasteiger partial charge in [0.1, 0.15) is 11.1 Å². The molecule has 1 aliphatic heterocycles. The summed E-state index contributed by atoms with van der Waals surface area (Å²) in [7, 11) is 3.83. The van der Waals surface area contributed by atoms with Crippen LogP contribution in [0.25, 0.3) is 5.70 Å². The zero-order chi connectivity index (χ0) is 29.7. The minimum Gasteiger partial charge on any atom is -0.397 e. The molecule has 2 aromatic heterocycles. The van der Waals surface area contributed by atoms with Crippen LogP contribution < -0.4 is 10.6 Å². The molecule has 1 unspecified atom stereocenters. The molecule has 2 N–H and O–H groups in total. The van der Waals surface area contributed by atoms with E-state index in [0.29, 0.717) is 22.9 Å². The molecular formula is C31H42N8S2. The molecule has 41 heavy (non-hydrogen) atoms. The summed E-state index contributed by atoms with van der Waals surface area (Å²) in [5.74, 6) is 0.640. The molecule has 0 amide bonds. The first-order valence-electron chi connectivity index (χ1n) is 14.2. The highest BCUT2D eigenvalue weighted by molar-refractivity contribution is 7.80. The smallest absolute Gasteiger partial charge is 0.225 e. The average Bonchev–Trinajstić information content (AvgIpc) is 3.09. The van der Waals surface area contributed by atoms with Gasteiger partial charge in [-0.05, 0) is 55.2 Å². The van der Waals surface area contributed by atoms with Gasteiger partial charge in [0.25, 0.3) is 0 Å². The lowest BCUT2D eigenvalue weighted by Crippen LogP contribution is -2.32. The Labute approximate surface area is 254 Å². The number of thiophene rings is 1. The molecule has 2 aliphatic rings. The summed E-state index contributed by atoms with van der Waals surface area (Å²) in [6.45, 7) is 14.7. The number of allylic oxidation sites excluding steroid dienone is 2. The predicted molar refractivity (Wildman–Crippen MR) is 175 cm³/mol. The first-order chi connectivity index (χ1) is 19.5. The van der Waals surface area contributed by atoms with E-state index in [0.717, 1.165) is 73.7 Å². The van der Waals surface area contributed by atoms with E-state index in [1.54, 1.807) is 23.9 Å². The van der Waals surface area contributed by atoms with Gasteiger partial charge in [0.15, 0.2) is 0 Å². The summed E-state index contributed by atoms with van der Waals surface area (Å²) in [6.07, 6.45) is 10.2. The molecule has 1 fully saturated rings. The third-order valence-corrected chi connectivity index (χ3v) is 8.88. The first-order valence-corrected chi connectivity index (χ1v) is 15.5. The monoisotopic (exact) mass is 590 g/mol. The van der Waals surface area contributed by atoms with Crippen LogP contribution >= 0.6 is 23.6 Å². The predicted octanol–water partition coefficient (Wildman–Crippen LogP) is 5.88. The van der Waals surface area contributed by atoms with Gasteiger partial charge in [-0.1, -0.05) is 39.6 Å². The van der Waals surface area contributed by atoms with Crippen molar-refractivity contribution in [3.63, 3.8) is 0 Å². The lowest BCUT2D eigenvalue weighted by atomic mass is 9.83. The van der Waals surface area contributed by atoms with Gasteiger partial charge in [-0.15, -0.1) is 11.3 Å². The number of hydrogen-bond donors (Lipinski definition) is 1. The van der Waals surface area contributed by atoms with Gasteiger partial charge in [0, 0.05) is 67.8 Å². The number of nitrogens with zero attached hydrogens (tertiary/aromatic N) is 7. The molecule has 1 atom stereocenters. The Hall–Kier alpha value is -3.29. The van der Waals surface area contributed by atoms with Crippen molar-refractivity contribution in [1.82, 2.24) is 19.8 Å². The maximum absolute atomic E-state index is 10.0. The number of thiocarbonyl (C=S) groups is 1. The van der Waals surface area contributed by atoms with Gasteiger partial charge in [0.2, 0.25) is 5.95 Å². The fourth-order valence-electron chi connectivity index (χ4n) is 5.44. The summed E-state index contributed by atoms with van der Waals surface area (Å²) < 4.78 is 0. The number of anilines is 1. The van der Waals surface area contributed by atoms with E-state index in [1.165, 1.54) is 10.6 Å². The second-order valence-electron chi connectivity index (χ2n) is 12.3. The molecule has 8 nitrogen and oxygen atoms in total. The van der Waals surface area contributed by atoms with Crippen LogP contribution in [0.5, 0.6) is 0 Å². The third-order valence-electron chi connectivity index (χ3n) is 7.31. The van der Waals surface area contributed by atoms with Gasteiger partial charge in [0.05, 0.1) is 23.3 Å². The second-order valence-corrected chi connectivity index (χ2v) is 13.8. The summed E-state index contributed by atoms with van der Waals surface area (Å²) in [6, 6.07) is 4.23. The Balaban J connectivity index is 1.50. The van der Waals surface area contributed by atoms with E-state index in [9.17, 15) is 5.26 Å². The standard InChI is InChI=1S/C31H42N8S2/c1-21(18-31(2,3)4)38-13-8-14-39(16-15-38)30-34-12-11-25(36-30)24(33)17-26(40)22-9-7-10-27-28(22)23(19-32)29(41-27)35-20-37(5)6/h11-12,17,20,22H,1,7-10,13-16,18,33H2,2-6H3. The summed E-state index contributed by atoms with van der Waals surface area (Å²) in [5.41, 5.74) is 10.8. The zero-order valence-corrected chi connectivity index (χ0v) is 26.6. The summed E-state index contributed by atoms with van der Waals surface area (Å²) in [5, 5.41) is 10.8.